The molecule has 0 aliphatic rings. The van der Waals surface area contributed by atoms with Gasteiger partial charge in [0.15, 0.2) is 11.5 Å². The van der Waals surface area contributed by atoms with E-state index in [2.05, 4.69) is 15.5 Å². The van der Waals surface area contributed by atoms with Gasteiger partial charge in [-0.2, -0.15) is 4.68 Å². The van der Waals surface area contributed by atoms with Crippen molar-refractivity contribution in [1.82, 2.24) is 20.2 Å². The number of carboxylic acids is 1. The number of aromatic nitrogens is 4. The fourth-order valence-corrected chi connectivity index (χ4v) is 1.30. The lowest BCUT2D eigenvalue weighted by Crippen LogP contribution is -2.01. The average Bonchev–Trinajstić information content (AvgIpc) is 2.75. The number of carboxylic acid groups (broad SMARTS) is 1. The molecule has 0 spiro atoms. The van der Waals surface area contributed by atoms with Gasteiger partial charge in [-0.3, -0.25) is 0 Å². The largest absolute Gasteiger partial charge is 0.493 e. The first-order valence-electron chi connectivity index (χ1n) is 4.93. The SMILES string of the molecule is COc1ccc(C(=O)O)cc1Oc1nnnn1C. The fraction of sp³-hybridized carbons (Fsp3) is 0.200. The summed E-state index contributed by atoms with van der Waals surface area (Å²) in [5.41, 5.74) is 0.0842. The Labute approximate surface area is 102 Å². The van der Waals surface area contributed by atoms with Crippen molar-refractivity contribution in [2.75, 3.05) is 7.11 Å². The van der Waals surface area contributed by atoms with Crippen molar-refractivity contribution in [1.29, 1.82) is 0 Å². The molecule has 2 rings (SSSR count). The van der Waals surface area contributed by atoms with Gasteiger partial charge in [-0.15, -0.1) is 0 Å². The molecule has 0 amide bonds. The Morgan fingerprint density at radius 3 is 2.72 bits per heavy atom. The number of benzene rings is 1. The Bertz CT molecular complexity index is 581. The Morgan fingerprint density at radius 2 is 2.17 bits per heavy atom. The molecule has 0 saturated carbocycles. The van der Waals surface area contributed by atoms with Gasteiger partial charge in [0.25, 0.3) is 0 Å². The zero-order valence-corrected chi connectivity index (χ0v) is 9.69. The van der Waals surface area contributed by atoms with Crippen molar-refractivity contribution in [3.8, 4) is 17.5 Å². The zero-order chi connectivity index (χ0) is 13.1. The van der Waals surface area contributed by atoms with Crippen molar-refractivity contribution >= 4 is 5.97 Å². The van der Waals surface area contributed by atoms with Crippen molar-refractivity contribution in [2.45, 2.75) is 0 Å². The minimum absolute atomic E-state index is 0.0842. The van der Waals surface area contributed by atoms with Gasteiger partial charge in [-0.25, -0.2) is 4.79 Å². The van der Waals surface area contributed by atoms with Crippen LogP contribution in [0.3, 0.4) is 0 Å². The predicted octanol–water partition coefficient (Wildman–Crippen LogP) is 0.709. The maximum absolute atomic E-state index is 10.9. The van der Waals surface area contributed by atoms with Crippen LogP contribution in [-0.2, 0) is 7.05 Å². The third-order valence-electron chi connectivity index (χ3n) is 2.19. The van der Waals surface area contributed by atoms with Crippen molar-refractivity contribution in [2.24, 2.45) is 7.05 Å². The van der Waals surface area contributed by atoms with Crippen molar-refractivity contribution in [3.63, 3.8) is 0 Å². The second-order valence-electron chi connectivity index (χ2n) is 3.36. The van der Waals surface area contributed by atoms with Gasteiger partial charge in [0.2, 0.25) is 0 Å². The number of aryl methyl sites for hydroxylation is 1. The van der Waals surface area contributed by atoms with E-state index in [1.54, 1.807) is 7.05 Å². The molecule has 1 aromatic heterocycles. The van der Waals surface area contributed by atoms with Gasteiger partial charge in [0.05, 0.1) is 12.7 Å². The second kappa shape index (κ2) is 4.70. The Morgan fingerprint density at radius 1 is 1.39 bits per heavy atom. The van der Waals surface area contributed by atoms with Gasteiger partial charge in [0, 0.05) is 7.05 Å². The minimum Gasteiger partial charge on any atom is -0.493 e. The van der Waals surface area contributed by atoms with Crippen LogP contribution >= 0.6 is 0 Å². The van der Waals surface area contributed by atoms with E-state index in [1.807, 2.05) is 0 Å². The number of hydrogen-bond donors (Lipinski definition) is 1. The summed E-state index contributed by atoms with van der Waals surface area (Å²) in [6, 6.07) is 4.40. The van der Waals surface area contributed by atoms with Gasteiger partial charge >= 0.3 is 12.0 Å². The second-order valence-corrected chi connectivity index (χ2v) is 3.36. The number of tetrazole rings is 1. The van der Waals surface area contributed by atoms with E-state index in [0.717, 1.165) is 0 Å². The number of hydrogen-bond acceptors (Lipinski definition) is 6. The molecule has 2 aromatic rings. The van der Waals surface area contributed by atoms with Crippen LogP contribution in [0.2, 0.25) is 0 Å². The molecule has 0 atom stereocenters. The van der Waals surface area contributed by atoms with Crippen molar-refractivity contribution < 1.29 is 19.4 Å². The fourth-order valence-electron chi connectivity index (χ4n) is 1.30. The number of carbonyl (C=O) groups is 1. The van der Waals surface area contributed by atoms with Gasteiger partial charge in [-0.1, -0.05) is 5.10 Å². The maximum Gasteiger partial charge on any atom is 0.340 e. The van der Waals surface area contributed by atoms with Crippen LogP contribution in [0.1, 0.15) is 10.4 Å². The molecule has 8 heteroatoms. The quantitative estimate of drug-likeness (QED) is 0.852. The number of ether oxygens (including phenoxy) is 2. The molecule has 0 aliphatic carbocycles. The summed E-state index contributed by atoms with van der Waals surface area (Å²) < 4.78 is 11.8. The first kappa shape index (κ1) is 11.8. The molecule has 0 radical (unpaired) electrons. The number of methoxy groups -OCH3 is 1. The standard InChI is InChI=1S/C10H10N4O4/c1-14-10(11-12-13-14)18-8-5-6(9(15)16)3-4-7(8)17-2/h3-5H,1-2H3,(H,15,16). The molecule has 18 heavy (non-hydrogen) atoms. The molecule has 1 heterocycles. The number of rotatable bonds is 4. The lowest BCUT2D eigenvalue weighted by atomic mass is 10.2. The van der Waals surface area contributed by atoms with Crippen LogP contribution in [0.25, 0.3) is 0 Å². The summed E-state index contributed by atoms with van der Waals surface area (Å²) in [5.74, 6) is -0.433. The zero-order valence-electron chi connectivity index (χ0n) is 9.69. The highest BCUT2D eigenvalue weighted by Gasteiger charge is 2.13. The summed E-state index contributed by atoms with van der Waals surface area (Å²) in [6.07, 6.45) is 0. The van der Waals surface area contributed by atoms with Crippen LogP contribution in [0, 0.1) is 0 Å². The Hall–Kier alpha value is -2.64. The normalized spacial score (nSPS) is 10.1. The van der Waals surface area contributed by atoms with E-state index >= 15 is 0 Å². The smallest absolute Gasteiger partial charge is 0.340 e. The first-order valence-corrected chi connectivity index (χ1v) is 4.93. The van der Waals surface area contributed by atoms with Crippen LogP contribution in [0.15, 0.2) is 18.2 Å². The third-order valence-corrected chi connectivity index (χ3v) is 2.19. The molecule has 94 valence electrons. The molecule has 1 aromatic carbocycles. The molecule has 8 nitrogen and oxygen atoms in total. The molecule has 0 fully saturated rings. The number of nitrogens with zero attached hydrogens (tertiary/aromatic N) is 4. The first-order chi connectivity index (χ1) is 8.61. The van der Waals surface area contributed by atoms with E-state index in [-0.39, 0.29) is 17.3 Å². The number of aromatic carboxylic acids is 1. The maximum atomic E-state index is 10.9. The van der Waals surface area contributed by atoms with Crippen molar-refractivity contribution in [3.05, 3.63) is 23.8 Å². The lowest BCUT2D eigenvalue weighted by Gasteiger charge is -2.09. The van der Waals surface area contributed by atoms with Crippen LogP contribution in [-0.4, -0.2) is 38.4 Å². The van der Waals surface area contributed by atoms with E-state index in [0.29, 0.717) is 5.75 Å². The van der Waals surface area contributed by atoms with E-state index < -0.39 is 5.97 Å². The molecule has 0 bridgehead atoms. The highest BCUT2D eigenvalue weighted by atomic mass is 16.5. The minimum atomic E-state index is -1.06. The third kappa shape index (κ3) is 2.21. The lowest BCUT2D eigenvalue weighted by molar-refractivity contribution is 0.0696. The molecule has 0 aliphatic heterocycles. The van der Waals surface area contributed by atoms with E-state index in [4.69, 9.17) is 14.6 Å². The summed E-state index contributed by atoms with van der Waals surface area (Å²) >= 11 is 0. The molecule has 0 saturated heterocycles. The van der Waals surface area contributed by atoms with Crippen LogP contribution < -0.4 is 9.47 Å². The highest BCUT2D eigenvalue weighted by Crippen LogP contribution is 2.31. The summed E-state index contributed by atoms with van der Waals surface area (Å²) in [4.78, 5) is 10.9. The average molecular weight is 250 g/mol. The summed E-state index contributed by atoms with van der Waals surface area (Å²) in [5, 5.41) is 19.6. The molecule has 1 N–H and O–H groups in total. The molecular formula is C10H10N4O4. The van der Waals surface area contributed by atoms with Gasteiger partial charge in [0.1, 0.15) is 0 Å². The predicted molar refractivity (Wildman–Crippen MR) is 58.8 cm³/mol. The van der Waals surface area contributed by atoms with E-state index in [1.165, 1.54) is 30.0 Å². The molecule has 0 unspecified atom stereocenters. The van der Waals surface area contributed by atoms with Crippen LogP contribution in [0.4, 0.5) is 0 Å². The van der Waals surface area contributed by atoms with Gasteiger partial charge in [-0.05, 0) is 28.6 Å². The summed E-state index contributed by atoms with van der Waals surface area (Å²) in [7, 11) is 3.06. The topological polar surface area (TPSA) is 99.4 Å². The van der Waals surface area contributed by atoms with Crippen LogP contribution in [0.5, 0.6) is 17.5 Å². The Balaban J connectivity index is 2.38. The Kier molecular flexibility index (Phi) is 3.09. The monoisotopic (exact) mass is 250 g/mol. The highest BCUT2D eigenvalue weighted by molar-refractivity contribution is 5.88. The molecular weight excluding hydrogens is 240 g/mol. The summed E-state index contributed by atoms with van der Waals surface area (Å²) in [6.45, 7) is 0. The van der Waals surface area contributed by atoms with E-state index in [9.17, 15) is 4.79 Å². The van der Waals surface area contributed by atoms with Gasteiger partial charge < -0.3 is 14.6 Å².